The minimum Gasteiger partial charge on any atom is -0.336 e. The molecule has 0 saturated carbocycles. The van der Waals surface area contributed by atoms with E-state index < -0.39 is 10.0 Å². The summed E-state index contributed by atoms with van der Waals surface area (Å²) in [4.78, 5) is 16.7. The van der Waals surface area contributed by atoms with Crippen LogP contribution in [0.15, 0.2) is 41.8 Å². The molecule has 7 nitrogen and oxygen atoms in total. The van der Waals surface area contributed by atoms with Crippen molar-refractivity contribution in [2.75, 3.05) is 18.4 Å². The molecule has 1 aliphatic rings. The molecule has 8 heteroatoms. The van der Waals surface area contributed by atoms with Gasteiger partial charge in [0.1, 0.15) is 0 Å². The molecule has 28 heavy (non-hydrogen) atoms. The molecule has 0 bridgehead atoms. The van der Waals surface area contributed by atoms with Crippen molar-refractivity contribution < 1.29 is 13.2 Å². The van der Waals surface area contributed by atoms with Crippen LogP contribution in [0, 0.1) is 5.92 Å². The average molecular weight is 405 g/mol. The molecule has 152 valence electrons. The van der Waals surface area contributed by atoms with Gasteiger partial charge in [-0.2, -0.15) is 4.31 Å². The second-order valence-electron chi connectivity index (χ2n) is 7.51. The van der Waals surface area contributed by atoms with Crippen molar-refractivity contribution in [3.63, 3.8) is 0 Å². The van der Waals surface area contributed by atoms with Gasteiger partial charge in [-0.05, 0) is 43.4 Å². The minimum absolute atomic E-state index is 0.0414. The predicted octanol–water partition coefficient (Wildman–Crippen LogP) is 3.07. The van der Waals surface area contributed by atoms with Crippen LogP contribution in [-0.2, 0) is 21.4 Å². The van der Waals surface area contributed by atoms with Crippen LogP contribution in [0.5, 0.6) is 0 Å². The van der Waals surface area contributed by atoms with E-state index in [-0.39, 0.29) is 23.4 Å². The maximum atomic E-state index is 12.9. The first-order valence-electron chi connectivity index (χ1n) is 9.74. The van der Waals surface area contributed by atoms with Crippen molar-refractivity contribution in [3.8, 4) is 0 Å². The Kier molecular flexibility index (Phi) is 6.20. The van der Waals surface area contributed by atoms with E-state index in [2.05, 4.69) is 24.1 Å². The molecule has 0 spiro atoms. The van der Waals surface area contributed by atoms with Gasteiger partial charge in [-0.25, -0.2) is 13.4 Å². The Balaban J connectivity index is 1.67. The van der Waals surface area contributed by atoms with Gasteiger partial charge in [0.2, 0.25) is 5.91 Å². The number of benzene rings is 1. The van der Waals surface area contributed by atoms with Crippen LogP contribution in [0.3, 0.4) is 0 Å². The molecule has 1 saturated heterocycles. The third kappa shape index (κ3) is 4.44. The number of amides is 1. The van der Waals surface area contributed by atoms with E-state index in [1.807, 2.05) is 31.2 Å². The van der Waals surface area contributed by atoms with Gasteiger partial charge >= 0.3 is 0 Å². The maximum absolute atomic E-state index is 12.9. The van der Waals surface area contributed by atoms with E-state index in [4.69, 9.17) is 0 Å². The Morgan fingerprint density at radius 3 is 2.61 bits per heavy atom. The number of aromatic nitrogens is 2. The number of anilines is 1. The highest BCUT2D eigenvalue weighted by molar-refractivity contribution is 7.89. The minimum atomic E-state index is -3.68. The number of hydrogen-bond acceptors (Lipinski definition) is 4. The molecule has 3 rings (SSSR count). The first kappa shape index (κ1) is 20.5. The average Bonchev–Trinajstić information content (AvgIpc) is 3.18. The highest BCUT2D eigenvalue weighted by atomic mass is 32.2. The summed E-state index contributed by atoms with van der Waals surface area (Å²) < 4.78 is 28.8. The van der Waals surface area contributed by atoms with Crippen molar-refractivity contribution in [3.05, 3.63) is 42.4 Å². The molecule has 1 N–H and O–H groups in total. The quantitative estimate of drug-likeness (QED) is 0.802. The number of nitrogens with one attached hydrogen (secondary N) is 1. The van der Waals surface area contributed by atoms with Gasteiger partial charge < -0.3 is 9.88 Å². The van der Waals surface area contributed by atoms with Crippen LogP contribution in [-0.4, -0.2) is 41.3 Å². The van der Waals surface area contributed by atoms with E-state index in [1.165, 1.54) is 22.4 Å². The summed E-state index contributed by atoms with van der Waals surface area (Å²) in [6.07, 6.45) is 4.38. The number of imidazole rings is 1. The molecule has 2 aromatic rings. The summed E-state index contributed by atoms with van der Waals surface area (Å²) in [7, 11) is -3.68. The molecular formula is C20H28N4O3S. The largest absolute Gasteiger partial charge is 0.336 e. The Morgan fingerprint density at radius 2 is 2.00 bits per heavy atom. The lowest BCUT2D eigenvalue weighted by Gasteiger charge is -2.30. The van der Waals surface area contributed by atoms with E-state index in [0.717, 1.165) is 5.69 Å². The Bertz CT molecular complexity index is 919. The Hall–Kier alpha value is -2.19. The summed E-state index contributed by atoms with van der Waals surface area (Å²) in [5.74, 6) is -0.0871. The molecule has 0 aliphatic carbocycles. The molecule has 1 fully saturated rings. The zero-order valence-corrected chi connectivity index (χ0v) is 17.4. The fourth-order valence-corrected chi connectivity index (χ4v) is 4.81. The lowest BCUT2D eigenvalue weighted by Crippen LogP contribution is -2.43. The third-order valence-corrected chi connectivity index (χ3v) is 6.93. The molecule has 1 unspecified atom stereocenters. The number of carbonyl (C=O) groups is 1. The van der Waals surface area contributed by atoms with Crippen LogP contribution in [0.1, 0.15) is 45.1 Å². The smallest absolute Gasteiger partial charge is 0.262 e. The second-order valence-corrected chi connectivity index (χ2v) is 9.40. The number of sulfonamides is 1. The standard InChI is InChI=1S/C20H28N4O3S/c1-4-23-13-19(21-14-23)28(26,27)24-11-5-6-17(12-24)20(25)22-18-9-7-16(8-10-18)15(2)3/h7-10,13-15,17H,4-6,11-12H2,1-3H3,(H,22,25). The van der Waals surface area contributed by atoms with Crippen LogP contribution in [0.25, 0.3) is 0 Å². The number of carbonyl (C=O) groups excluding carboxylic acids is 1. The van der Waals surface area contributed by atoms with Gasteiger partial charge in [-0.1, -0.05) is 26.0 Å². The maximum Gasteiger partial charge on any atom is 0.262 e. The Morgan fingerprint density at radius 1 is 1.29 bits per heavy atom. The molecule has 0 radical (unpaired) electrons. The Labute approximate surface area is 166 Å². The third-order valence-electron chi connectivity index (χ3n) is 5.18. The van der Waals surface area contributed by atoms with E-state index in [9.17, 15) is 13.2 Å². The summed E-state index contributed by atoms with van der Waals surface area (Å²) in [5.41, 5.74) is 1.94. The summed E-state index contributed by atoms with van der Waals surface area (Å²) in [6, 6.07) is 7.79. The van der Waals surface area contributed by atoms with Gasteiger partial charge in [0, 0.05) is 31.5 Å². The van der Waals surface area contributed by atoms with Crippen molar-refractivity contribution in [1.29, 1.82) is 0 Å². The number of piperidine rings is 1. The first-order valence-corrected chi connectivity index (χ1v) is 11.2. The molecule has 2 heterocycles. The fraction of sp³-hybridized carbons (Fsp3) is 0.500. The number of aryl methyl sites for hydroxylation is 1. The fourth-order valence-electron chi connectivity index (χ4n) is 3.35. The number of hydrogen-bond donors (Lipinski definition) is 1. The van der Waals surface area contributed by atoms with Crippen LogP contribution in [0.2, 0.25) is 0 Å². The highest BCUT2D eigenvalue weighted by Crippen LogP contribution is 2.24. The monoisotopic (exact) mass is 404 g/mol. The molecule has 1 aromatic carbocycles. The lowest BCUT2D eigenvalue weighted by molar-refractivity contribution is -0.120. The summed E-state index contributed by atoms with van der Waals surface area (Å²) in [6.45, 7) is 7.41. The molecular weight excluding hydrogens is 376 g/mol. The van der Waals surface area contributed by atoms with Crippen molar-refractivity contribution in [2.45, 2.75) is 51.1 Å². The molecule has 1 aromatic heterocycles. The van der Waals surface area contributed by atoms with Crippen molar-refractivity contribution >= 4 is 21.6 Å². The van der Waals surface area contributed by atoms with Crippen LogP contribution < -0.4 is 5.32 Å². The molecule has 1 aliphatic heterocycles. The van der Waals surface area contributed by atoms with Crippen molar-refractivity contribution in [2.24, 2.45) is 5.92 Å². The summed E-state index contributed by atoms with van der Waals surface area (Å²) in [5, 5.41) is 2.96. The van der Waals surface area contributed by atoms with Crippen molar-refractivity contribution in [1.82, 2.24) is 13.9 Å². The zero-order valence-electron chi connectivity index (χ0n) is 16.6. The normalized spacial score (nSPS) is 18.4. The van der Waals surface area contributed by atoms with Gasteiger partial charge in [-0.15, -0.1) is 0 Å². The van der Waals surface area contributed by atoms with Gasteiger partial charge in [0.15, 0.2) is 5.03 Å². The SMILES string of the molecule is CCn1cnc(S(=O)(=O)N2CCCC(C(=O)Nc3ccc(C(C)C)cc3)C2)c1. The molecule has 1 atom stereocenters. The second kappa shape index (κ2) is 8.45. The van der Waals surface area contributed by atoms with Crippen LogP contribution >= 0.6 is 0 Å². The van der Waals surface area contributed by atoms with E-state index in [1.54, 1.807) is 4.57 Å². The van der Waals surface area contributed by atoms with Gasteiger partial charge in [0.25, 0.3) is 10.0 Å². The zero-order chi connectivity index (χ0) is 20.3. The van der Waals surface area contributed by atoms with E-state index >= 15 is 0 Å². The van der Waals surface area contributed by atoms with E-state index in [0.29, 0.717) is 31.8 Å². The predicted molar refractivity (Wildman–Crippen MR) is 109 cm³/mol. The van der Waals surface area contributed by atoms with Gasteiger partial charge in [-0.3, -0.25) is 4.79 Å². The molecule has 1 amide bonds. The highest BCUT2D eigenvalue weighted by Gasteiger charge is 2.34. The van der Waals surface area contributed by atoms with Crippen LogP contribution in [0.4, 0.5) is 5.69 Å². The summed E-state index contributed by atoms with van der Waals surface area (Å²) >= 11 is 0. The topological polar surface area (TPSA) is 84.3 Å². The first-order chi connectivity index (χ1) is 13.3. The number of nitrogens with zero attached hydrogens (tertiary/aromatic N) is 3. The lowest BCUT2D eigenvalue weighted by atomic mass is 9.98. The van der Waals surface area contributed by atoms with Gasteiger partial charge in [0.05, 0.1) is 12.2 Å². The number of rotatable bonds is 6.